The summed E-state index contributed by atoms with van der Waals surface area (Å²) in [6.45, 7) is 4.60. The SMILES string of the molecule is CCN(C)C(=O)Nc1cccc(Br)c1C. The Morgan fingerprint density at radius 2 is 2.20 bits per heavy atom. The molecule has 0 unspecified atom stereocenters. The van der Waals surface area contributed by atoms with E-state index in [9.17, 15) is 4.79 Å². The molecule has 0 heterocycles. The number of halogens is 1. The van der Waals surface area contributed by atoms with E-state index in [1.807, 2.05) is 32.0 Å². The van der Waals surface area contributed by atoms with Crippen LogP contribution in [0.15, 0.2) is 22.7 Å². The van der Waals surface area contributed by atoms with Crippen LogP contribution in [0, 0.1) is 6.92 Å². The van der Waals surface area contributed by atoms with Gasteiger partial charge in [-0.05, 0) is 31.5 Å². The fourth-order valence-electron chi connectivity index (χ4n) is 1.10. The van der Waals surface area contributed by atoms with E-state index in [0.29, 0.717) is 6.54 Å². The lowest BCUT2D eigenvalue weighted by Gasteiger charge is -2.17. The van der Waals surface area contributed by atoms with Gasteiger partial charge in [0.15, 0.2) is 0 Å². The number of nitrogens with zero attached hydrogens (tertiary/aromatic N) is 1. The summed E-state index contributed by atoms with van der Waals surface area (Å²) in [7, 11) is 1.77. The van der Waals surface area contributed by atoms with E-state index in [2.05, 4.69) is 21.2 Å². The molecule has 0 bridgehead atoms. The van der Waals surface area contributed by atoms with Crippen LogP contribution in [-0.2, 0) is 0 Å². The third-order valence-electron chi connectivity index (χ3n) is 2.33. The maximum absolute atomic E-state index is 11.6. The molecule has 0 aliphatic rings. The second kappa shape index (κ2) is 5.16. The van der Waals surface area contributed by atoms with Gasteiger partial charge in [0.25, 0.3) is 0 Å². The molecule has 2 amide bonds. The number of hydrogen-bond donors (Lipinski definition) is 1. The number of anilines is 1. The molecule has 1 aromatic carbocycles. The zero-order valence-corrected chi connectivity index (χ0v) is 10.8. The maximum Gasteiger partial charge on any atom is 0.321 e. The average molecular weight is 271 g/mol. The lowest BCUT2D eigenvalue weighted by molar-refractivity contribution is 0.224. The first-order chi connectivity index (χ1) is 7.06. The smallest absolute Gasteiger partial charge is 0.321 e. The normalized spacial score (nSPS) is 9.87. The van der Waals surface area contributed by atoms with Crippen LogP contribution in [-0.4, -0.2) is 24.5 Å². The van der Waals surface area contributed by atoms with Gasteiger partial charge in [0.2, 0.25) is 0 Å². The Morgan fingerprint density at radius 3 is 2.80 bits per heavy atom. The van der Waals surface area contributed by atoms with Gasteiger partial charge in [0, 0.05) is 23.8 Å². The predicted molar refractivity (Wildman–Crippen MR) is 66.2 cm³/mol. The highest BCUT2D eigenvalue weighted by molar-refractivity contribution is 9.10. The zero-order valence-electron chi connectivity index (χ0n) is 9.17. The summed E-state index contributed by atoms with van der Waals surface area (Å²) in [5.74, 6) is 0. The molecule has 0 saturated carbocycles. The maximum atomic E-state index is 11.6. The quantitative estimate of drug-likeness (QED) is 0.879. The van der Waals surface area contributed by atoms with Gasteiger partial charge in [-0.15, -0.1) is 0 Å². The third kappa shape index (κ3) is 2.96. The average Bonchev–Trinajstić information content (AvgIpc) is 2.23. The molecule has 0 radical (unpaired) electrons. The summed E-state index contributed by atoms with van der Waals surface area (Å²) in [5.41, 5.74) is 1.88. The minimum atomic E-state index is -0.0845. The Kier molecular flexibility index (Phi) is 4.15. The van der Waals surface area contributed by atoms with Crippen molar-refractivity contribution in [3.8, 4) is 0 Å². The highest BCUT2D eigenvalue weighted by Gasteiger charge is 2.08. The van der Waals surface area contributed by atoms with Gasteiger partial charge in [-0.3, -0.25) is 0 Å². The van der Waals surface area contributed by atoms with Crippen molar-refractivity contribution in [3.63, 3.8) is 0 Å². The minimum Gasteiger partial charge on any atom is -0.328 e. The number of rotatable bonds is 2. The number of urea groups is 1. The van der Waals surface area contributed by atoms with Crippen molar-refractivity contribution >= 4 is 27.6 Å². The van der Waals surface area contributed by atoms with Gasteiger partial charge in [-0.2, -0.15) is 0 Å². The minimum absolute atomic E-state index is 0.0845. The highest BCUT2D eigenvalue weighted by atomic mass is 79.9. The van der Waals surface area contributed by atoms with Gasteiger partial charge >= 0.3 is 6.03 Å². The number of hydrogen-bond acceptors (Lipinski definition) is 1. The van der Waals surface area contributed by atoms with Crippen LogP contribution in [0.25, 0.3) is 0 Å². The molecule has 82 valence electrons. The molecule has 1 N–H and O–H groups in total. The molecule has 4 heteroatoms. The molecule has 3 nitrogen and oxygen atoms in total. The van der Waals surface area contributed by atoms with Crippen LogP contribution in [0.5, 0.6) is 0 Å². The molecule has 0 aliphatic heterocycles. The van der Waals surface area contributed by atoms with Crippen molar-refractivity contribution in [2.45, 2.75) is 13.8 Å². The van der Waals surface area contributed by atoms with Crippen molar-refractivity contribution in [3.05, 3.63) is 28.2 Å². The molecule has 0 atom stereocenters. The van der Waals surface area contributed by atoms with E-state index in [-0.39, 0.29) is 6.03 Å². The van der Waals surface area contributed by atoms with E-state index in [4.69, 9.17) is 0 Å². The molecule has 0 aromatic heterocycles. The van der Waals surface area contributed by atoms with Crippen molar-refractivity contribution in [1.29, 1.82) is 0 Å². The Morgan fingerprint density at radius 1 is 1.53 bits per heavy atom. The number of carbonyl (C=O) groups excluding carboxylic acids is 1. The van der Waals surface area contributed by atoms with Crippen molar-refractivity contribution in [1.82, 2.24) is 4.90 Å². The van der Waals surface area contributed by atoms with Crippen molar-refractivity contribution in [2.24, 2.45) is 0 Å². The summed E-state index contributed by atoms with van der Waals surface area (Å²) >= 11 is 3.43. The zero-order chi connectivity index (χ0) is 11.4. The largest absolute Gasteiger partial charge is 0.328 e. The number of nitrogens with one attached hydrogen (secondary N) is 1. The van der Waals surface area contributed by atoms with E-state index >= 15 is 0 Å². The Bertz CT molecular complexity index is 366. The van der Waals surface area contributed by atoms with Crippen LogP contribution < -0.4 is 5.32 Å². The molecule has 0 spiro atoms. The third-order valence-corrected chi connectivity index (χ3v) is 3.19. The summed E-state index contributed by atoms with van der Waals surface area (Å²) in [4.78, 5) is 13.2. The summed E-state index contributed by atoms with van der Waals surface area (Å²) in [6.07, 6.45) is 0. The van der Waals surface area contributed by atoms with Crippen LogP contribution in [0.4, 0.5) is 10.5 Å². The highest BCUT2D eigenvalue weighted by Crippen LogP contribution is 2.23. The van der Waals surface area contributed by atoms with Gasteiger partial charge in [0.05, 0.1) is 0 Å². The first-order valence-corrected chi connectivity index (χ1v) is 5.62. The first-order valence-electron chi connectivity index (χ1n) is 4.83. The first kappa shape index (κ1) is 12.0. The lowest BCUT2D eigenvalue weighted by atomic mass is 10.2. The molecule has 0 aliphatic carbocycles. The second-order valence-electron chi connectivity index (χ2n) is 3.36. The fraction of sp³-hybridized carbons (Fsp3) is 0.364. The topological polar surface area (TPSA) is 32.3 Å². The van der Waals surface area contributed by atoms with E-state index < -0.39 is 0 Å². The Balaban J connectivity index is 2.81. The van der Waals surface area contributed by atoms with E-state index in [0.717, 1.165) is 15.7 Å². The van der Waals surface area contributed by atoms with Crippen molar-refractivity contribution in [2.75, 3.05) is 18.9 Å². The monoisotopic (exact) mass is 270 g/mol. The van der Waals surface area contributed by atoms with Gasteiger partial charge in [-0.1, -0.05) is 22.0 Å². The second-order valence-corrected chi connectivity index (χ2v) is 4.21. The van der Waals surface area contributed by atoms with Crippen LogP contribution in [0.2, 0.25) is 0 Å². The fourth-order valence-corrected chi connectivity index (χ4v) is 1.46. The Hall–Kier alpha value is -1.03. The Labute approximate surface area is 98.6 Å². The summed E-state index contributed by atoms with van der Waals surface area (Å²) in [6, 6.07) is 5.66. The van der Waals surface area contributed by atoms with E-state index in [1.165, 1.54) is 0 Å². The van der Waals surface area contributed by atoms with Crippen LogP contribution >= 0.6 is 15.9 Å². The molecular weight excluding hydrogens is 256 g/mol. The molecule has 1 aromatic rings. The lowest BCUT2D eigenvalue weighted by Crippen LogP contribution is -2.31. The van der Waals surface area contributed by atoms with Crippen molar-refractivity contribution < 1.29 is 4.79 Å². The standard InChI is InChI=1S/C11H15BrN2O/c1-4-14(3)11(15)13-10-7-5-6-9(12)8(10)2/h5-7H,4H2,1-3H3,(H,13,15). The van der Waals surface area contributed by atoms with E-state index in [1.54, 1.807) is 11.9 Å². The molecule has 0 saturated heterocycles. The van der Waals surface area contributed by atoms with Crippen LogP contribution in [0.3, 0.4) is 0 Å². The predicted octanol–water partition coefficient (Wildman–Crippen LogP) is 3.24. The summed E-state index contributed by atoms with van der Waals surface area (Å²) in [5, 5.41) is 2.86. The number of carbonyl (C=O) groups is 1. The van der Waals surface area contributed by atoms with Gasteiger partial charge < -0.3 is 10.2 Å². The molecule has 15 heavy (non-hydrogen) atoms. The summed E-state index contributed by atoms with van der Waals surface area (Å²) < 4.78 is 0.999. The number of benzene rings is 1. The van der Waals surface area contributed by atoms with Crippen LogP contribution in [0.1, 0.15) is 12.5 Å². The molecule has 1 rings (SSSR count). The van der Waals surface area contributed by atoms with Gasteiger partial charge in [0.1, 0.15) is 0 Å². The molecular formula is C11H15BrN2O. The molecule has 0 fully saturated rings. The van der Waals surface area contributed by atoms with Gasteiger partial charge in [-0.25, -0.2) is 4.79 Å². The number of amides is 2.